The first kappa shape index (κ1) is 24.0. The van der Waals surface area contributed by atoms with Gasteiger partial charge in [-0.1, -0.05) is 12.1 Å². The molecule has 0 amide bonds. The number of guanidine groups is 1. The Morgan fingerprint density at radius 2 is 1.78 bits per heavy atom. The second-order valence-electron chi connectivity index (χ2n) is 7.23. The summed E-state index contributed by atoms with van der Waals surface area (Å²) in [5.41, 5.74) is 1.15. The molecule has 2 rings (SSSR count). The maximum Gasteiger partial charge on any atom is 0.195 e. The third-order valence-electron chi connectivity index (χ3n) is 4.63. The molecule has 0 bridgehead atoms. The van der Waals surface area contributed by atoms with Crippen molar-refractivity contribution in [2.75, 3.05) is 61.6 Å². The molecule has 1 fully saturated rings. The zero-order chi connectivity index (χ0) is 18.9. The van der Waals surface area contributed by atoms with E-state index in [9.17, 15) is 0 Å². The van der Waals surface area contributed by atoms with E-state index in [-0.39, 0.29) is 24.0 Å². The van der Waals surface area contributed by atoms with Gasteiger partial charge in [-0.3, -0.25) is 4.90 Å². The molecule has 0 aliphatic carbocycles. The largest absolute Gasteiger partial charge is 0.492 e. The number of hydrogen-bond donors (Lipinski definition) is 0. The van der Waals surface area contributed by atoms with Crippen molar-refractivity contribution < 1.29 is 9.47 Å². The Bertz CT molecular complexity index is 565. The zero-order valence-electron chi connectivity index (χ0n) is 17.4. The van der Waals surface area contributed by atoms with Gasteiger partial charge in [0, 0.05) is 54.0 Å². The van der Waals surface area contributed by atoms with Crippen molar-refractivity contribution in [1.82, 2.24) is 14.7 Å². The normalized spacial score (nSPS) is 14.4. The molecule has 0 N–H and O–H groups in total. The second kappa shape index (κ2) is 12.4. The highest BCUT2D eigenvalue weighted by atomic mass is 127. The van der Waals surface area contributed by atoms with Crippen molar-refractivity contribution in [3.63, 3.8) is 0 Å². The molecule has 6 nitrogen and oxygen atoms in total. The molecule has 0 atom stereocenters. The summed E-state index contributed by atoms with van der Waals surface area (Å²) in [5, 5.41) is 0. The Balaban J connectivity index is 0.00000364. The van der Waals surface area contributed by atoms with E-state index in [1.165, 1.54) is 0 Å². The molecule has 0 unspecified atom stereocenters. The number of likely N-dealkylation sites (N-methyl/N-ethyl adjacent to an activating group) is 1. The van der Waals surface area contributed by atoms with E-state index < -0.39 is 0 Å². The van der Waals surface area contributed by atoms with Crippen LogP contribution >= 0.6 is 24.0 Å². The molecule has 0 spiro atoms. The SMILES string of the molecule is CN(C)C(=NCc1cccc(OCCN(C)C2CCOCC2)c1)N(C)C.I. The monoisotopic (exact) mass is 490 g/mol. The second-order valence-corrected chi connectivity index (χ2v) is 7.23. The van der Waals surface area contributed by atoms with Crippen LogP contribution in [0, 0.1) is 0 Å². The summed E-state index contributed by atoms with van der Waals surface area (Å²) in [6.07, 6.45) is 2.23. The molecule has 1 heterocycles. The first-order valence-electron chi connectivity index (χ1n) is 9.36. The van der Waals surface area contributed by atoms with E-state index in [0.717, 1.165) is 49.9 Å². The number of rotatable bonds is 7. The maximum absolute atomic E-state index is 5.97. The molecule has 0 radical (unpaired) electrons. The first-order valence-corrected chi connectivity index (χ1v) is 9.36. The van der Waals surface area contributed by atoms with Crippen LogP contribution in [0.4, 0.5) is 0 Å². The van der Waals surface area contributed by atoms with Crippen LogP contribution in [-0.4, -0.2) is 88.3 Å². The van der Waals surface area contributed by atoms with Gasteiger partial charge in [0.2, 0.25) is 0 Å². The van der Waals surface area contributed by atoms with Crippen molar-refractivity contribution in [2.45, 2.75) is 25.4 Å². The van der Waals surface area contributed by atoms with Crippen molar-refractivity contribution in [3.8, 4) is 5.75 Å². The fourth-order valence-corrected chi connectivity index (χ4v) is 3.19. The summed E-state index contributed by atoms with van der Waals surface area (Å²) < 4.78 is 11.4. The predicted molar refractivity (Wildman–Crippen MR) is 122 cm³/mol. The molecule has 1 saturated heterocycles. The van der Waals surface area contributed by atoms with Crippen LogP contribution in [0.3, 0.4) is 0 Å². The van der Waals surface area contributed by atoms with Gasteiger partial charge < -0.3 is 19.3 Å². The minimum Gasteiger partial charge on any atom is -0.492 e. The molecular weight excluding hydrogens is 455 g/mol. The van der Waals surface area contributed by atoms with Gasteiger partial charge in [0.25, 0.3) is 0 Å². The van der Waals surface area contributed by atoms with E-state index in [0.29, 0.717) is 19.2 Å². The lowest BCUT2D eigenvalue weighted by atomic mass is 10.1. The van der Waals surface area contributed by atoms with Crippen LogP contribution < -0.4 is 4.74 Å². The molecule has 154 valence electrons. The highest BCUT2D eigenvalue weighted by molar-refractivity contribution is 14.0. The van der Waals surface area contributed by atoms with Crippen LogP contribution in [0.25, 0.3) is 0 Å². The average Bonchev–Trinajstić information content (AvgIpc) is 2.62. The fraction of sp³-hybridized carbons (Fsp3) is 0.650. The van der Waals surface area contributed by atoms with Crippen molar-refractivity contribution in [2.24, 2.45) is 4.99 Å². The minimum atomic E-state index is 0. The maximum atomic E-state index is 5.97. The van der Waals surface area contributed by atoms with E-state index >= 15 is 0 Å². The number of benzene rings is 1. The standard InChI is InChI=1S/C20H34N4O2.HI/c1-22(2)20(23(3)4)21-16-17-7-6-8-19(15-17)26-14-11-24(5)18-9-12-25-13-10-18;/h6-8,15,18H,9-14,16H2,1-5H3;1H. The quantitative estimate of drug-likeness (QED) is 0.334. The first-order chi connectivity index (χ1) is 12.5. The lowest BCUT2D eigenvalue weighted by Gasteiger charge is -2.31. The summed E-state index contributed by atoms with van der Waals surface area (Å²) in [6, 6.07) is 8.84. The van der Waals surface area contributed by atoms with Gasteiger partial charge in [0.15, 0.2) is 5.96 Å². The lowest BCUT2D eigenvalue weighted by Crippen LogP contribution is -2.38. The number of nitrogens with zero attached hydrogens (tertiary/aromatic N) is 4. The van der Waals surface area contributed by atoms with Gasteiger partial charge in [-0.05, 0) is 37.6 Å². The van der Waals surface area contributed by atoms with Gasteiger partial charge >= 0.3 is 0 Å². The van der Waals surface area contributed by atoms with Gasteiger partial charge in [-0.15, -0.1) is 24.0 Å². The van der Waals surface area contributed by atoms with E-state index in [4.69, 9.17) is 14.5 Å². The molecule has 1 aromatic rings. The Hall–Kier alpha value is -1.06. The summed E-state index contributed by atoms with van der Waals surface area (Å²) in [5.74, 6) is 1.86. The minimum absolute atomic E-state index is 0. The summed E-state index contributed by atoms with van der Waals surface area (Å²) in [7, 11) is 10.2. The molecular formula is C20H35IN4O2. The summed E-state index contributed by atoms with van der Waals surface area (Å²) in [6.45, 7) is 4.02. The molecule has 0 aromatic heterocycles. The van der Waals surface area contributed by atoms with Gasteiger partial charge in [0.05, 0.1) is 6.54 Å². The van der Waals surface area contributed by atoms with E-state index in [1.807, 2.05) is 50.1 Å². The van der Waals surface area contributed by atoms with Crippen molar-refractivity contribution in [1.29, 1.82) is 0 Å². The van der Waals surface area contributed by atoms with Crippen LogP contribution in [0.15, 0.2) is 29.3 Å². The van der Waals surface area contributed by atoms with Gasteiger partial charge in [0.1, 0.15) is 12.4 Å². The Kier molecular flexibility index (Phi) is 11.0. The molecule has 1 aliphatic rings. The highest BCUT2D eigenvalue weighted by Crippen LogP contribution is 2.16. The van der Waals surface area contributed by atoms with Gasteiger partial charge in [-0.2, -0.15) is 0 Å². The summed E-state index contributed by atoms with van der Waals surface area (Å²) in [4.78, 5) is 11.1. The Labute approximate surface area is 181 Å². The number of ether oxygens (including phenoxy) is 2. The third kappa shape index (κ3) is 8.23. The Morgan fingerprint density at radius 3 is 2.41 bits per heavy atom. The summed E-state index contributed by atoms with van der Waals surface area (Å²) >= 11 is 0. The van der Waals surface area contributed by atoms with Crippen LogP contribution in [0.2, 0.25) is 0 Å². The van der Waals surface area contributed by atoms with E-state index in [2.05, 4.69) is 24.1 Å². The van der Waals surface area contributed by atoms with Crippen molar-refractivity contribution in [3.05, 3.63) is 29.8 Å². The fourth-order valence-electron chi connectivity index (χ4n) is 3.19. The average molecular weight is 490 g/mol. The van der Waals surface area contributed by atoms with E-state index in [1.54, 1.807) is 0 Å². The lowest BCUT2D eigenvalue weighted by molar-refractivity contribution is 0.0392. The molecule has 27 heavy (non-hydrogen) atoms. The number of halogens is 1. The smallest absolute Gasteiger partial charge is 0.195 e. The predicted octanol–water partition coefficient (Wildman–Crippen LogP) is 2.77. The molecule has 1 aromatic carbocycles. The molecule has 0 saturated carbocycles. The van der Waals surface area contributed by atoms with Crippen LogP contribution in [-0.2, 0) is 11.3 Å². The number of aliphatic imine (C=N–C) groups is 1. The third-order valence-corrected chi connectivity index (χ3v) is 4.63. The topological polar surface area (TPSA) is 40.5 Å². The molecule has 7 heteroatoms. The molecule has 1 aliphatic heterocycles. The number of hydrogen-bond acceptors (Lipinski definition) is 4. The van der Waals surface area contributed by atoms with Crippen LogP contribution in [0.1, 0.15) is 18.4 Å². The zero-order valence-corrected chi connectivity index (χ0v) is 19.7. The Morgan fingerprint density at radius 1 is 1.11 bits per heavy atom. The van der Waals surface area contributed by atoms with Crippen molar-refractivity contribution >= 4 is 29.9 Å². The van der Waals surface area contributed by atoms with Gasteiger partial charge in [-0.25, -0.2) is 4.99 Å². The van der Waals surface area contributed by atoms with Crippen LogP contribution in [0.5, 0.6) is 5.75 Å². The highest BCUT2D eigenvalue weighted by Gasteiger charge is 2.17.